The fourth-order valence-corrected chi connectivity index (χ4v) is 3.12. The molecule has 11 heteroatoms. The summed E-state index contributed by atoms with van der Waals surface area (Å²) in [5.41, 5.74) is -0.355. The molecule has 162 valence electrons. The van der Waals surface area contributed by atoms with Crippen LogP contribution < -0.4 is 10.2 Å². The largest absolute Gasteiger partial charge is 0.435 e. The zero-order valence-corrected chi connectivity index (χ0v) is 16.6. The van der Waals surface area contributed by atoms with Gasteiger partial charge in [0.05, 0.1) is 25.3 Å². The number of anilines is 2. The van der Waals surface area contributed by atoms with Crippen LogP contribution in [0.25, 0.3) is 0 Å². The minimum Gasteiger partial charge on any atom is -0.378 e. The smallest absolute Gasteiger partial charge is 0.378 e. The summed E-state index contributed by atoms with van der Waals surface area (Å²) in [5, 5.41) is 5.95. The summed E-state index contributed by atoms with van der Waals surface area (Å²) in [6.45, 7) is 2.48. The predicted octanol–water partition coefficient (Wildman–Crippen LogP) is 1.99. The Morgan fingerprint density at radius 3 is 2.43 bits per heavy atom. The lowest BCUT2D eigenvalue weighted by atomic mass is 10.2. The van der Waals surface area contributed by atoms with E-state index in [0.717, 1.165) is 34.6 Å². The zero-order valence-electron chi connectivity index (χ0n) is 16.6. The Morgan fingerprint density at radius 1 is 1.20 bits per heavy atom. The molecule has 1 aromatic carbocycles. The number of morpholine rings is 1. The SMILES string of the molecule is CN(CC(=O)Nc1ccc(N2CCOCC2)cc1)C(=O)c1cn(C)nc1C(F)(F)F. The Balaban J connectivity index is 1.60. The Labute approximate surface area is 171 Å². The molecule has 0 unspecified atom stereocenters. The number of nitrogens with zero attached hydrogens (tertiary/aromatic N) is 4. The van der Waals surface area contributed by atoms with Crippen LogP contribution in [-0.2, 0) is 22.8 Å². The fourth-order valence-electron chi connectivity index (χ4n) is 3.12. The molecule has 0 spiro atoms. The third kappa shape index (κ3) is 5.09. The van der Waals surface area contributed by atoms with E-state index >= 15 is 0 Å². The fraction of sp³-hybridized carbons (Fsp3) is 0.421. The van der Waals surface area contributed by atoms with Crippen molar-refractivity contribution in [3.8, 4) is 0 Å². The van der Waals surface area contributed by atoms with Crippen LogP contribution in [0.2, 0.25) is 0 Å². The number of alkyl halides is 3. The molecule has 0 saturated carbocycles. The van der Waals surface area contributed by atoms with Crippen LogP contribution in [-0.4, -0.2) is 66.4 Å². The first-order valence-corrected chi connectivity index (χ1v) is 9.24. The Hall–Kier alpha value is -3.08. The van der Waals surface area contributed by atoms with E-state index in [9.17, 15) is 22.8 Å². The molecule has 8 nitrogen and oxygen atoms in total. The number of carbonyl (C=O) groups is 2. The van der Waals surface area contributed by atoms with Gasteiger partial charge >= 0.3 is 6.18 Å². The molecule has 0 aliphatic carbocycles. The maximum Gasteiger partial charge on any atom is 0.435 e. The Bertz CT molecular complexity index is 905. The lowest BCUT2D eigenvalue weighted by molar-refractivity contribution is -0.141. The van der Waals surface area contributed by atoms with Crippen LogP contribution in [0.1, 0.15) is 16.1 Å². The van der Waals surface area contributed by atoms with Gasteiger partial charge in [0.2, 0.25) is 5.91 Å². The van der Waals surface area contributed by atoms with Gasteiger partial charge in [-0.3, -0.25) is 14.3 Å². The molecule has 1 aliphatic rings. The lowest BCUT2D eigenvalue weighted by Crippen LogP contribution is -2.36. The van der Waals surface area contributed by atoms with E-state index in [4.69, 9.17) is 4.74 Å². The molecule has 30 heavy (non-hydrogen) atoms. The summed E-state index contributed by atoms with van der Waals surface area (Å²) in [5.74, 6) is -1.46. The molecule has 0 radical (unpaired) electrons. The number of aryl methyl sites for hydroxylation is 1. The first-order chi connectivity index (χ1) is 14.1. The first kappa shape index (κ1) is 21.6. The summed E-state index contributed by atoms with van der Waals surface area (Å²) in [7, 11) is 2.55. The van der Waals surface area contributed by atoms with Gasteiger partial charge in [0.25, 0.3) is 5.91 Å². The Morgan fingerprint density at radius 2 is 1.83 bits per heavy atom. The van der Waals surface area contributed by atoms with Gasteiger partial charge in [0.15, 0.2) is 5.69 Å². The van der Waals surface area contributed by atoms with Crippen LogP contribution in [0.5, 0.6) is 0 Å². The topological polar surface area (TPSA) is 79.7 Å². The molecule has 2 heterocycles. The van der Waals surface area contributed by atoms with Gasteiger partial charge in [0.1, 0.15) is 0 Å². The van der Waals surface area contributed by atoms with Gasteiger partial charge in [0, 0.05) is 44.8 Å². The van der Waals surface area contributed by atoms with E-state index in [0.29, 0.717) is 18.9 Å². The molecule has 2 amide bonds. The van der Waals surface area contributed by atoms with Crippen LogP contribution >= 0.6 is 0 Å². The molecular formula is C19H22F3N5O3. The quantitative estimate of drug-likeness (QED) is 0.793. The molecule has 1 aliphatic heterocycles. The van der Waals surface area contributed by atoms with Crippen molar-refractivity contribution in [2.24, 2.45) is 7.05 Å². The summed E-state index contributed by atoms with van der Waals surface area (Å²) in [4.78, 5) is 27.7. The van der Waals surface area contributed by atoms with Crippen molar-refractivity contribution in [2.45, 2.75) is 6.18 Å². The van der Waals surface area contributed by atoms with Gasteiger partial charge in [-0.15, -0.1) is 0 Å². The lowest BCUT2D eigenvalue weighted by Gasteiger charge is -2.28. The third-order valence-corrected chi connectivity index (χ3v) is 4.58. The van der Waals surface area contributed by atoms with Crippen LogP contribution in [0.4, 0.5) is 24.5 Å². The highest BCUT2D eigenvalue weighted by Crippen LogP contribution is 2.31. The predicted molar refractivity (Wildman–Crippen MR) is 103 cm³/mol. The summed E-state index contributed by atoms with van der Waals surface area (Å²) >= 11 is 0. The monoisotopic (exact) mass is 425 g/mol. The summed E-state index contributed by atoms with van der Waals surface area (Å²) in [6, 6.07) is 7.18. The average Bonchev–Trinajstić information content (AvgIpc) is 3.11. The zero-order chi connectivity index (χ0) is 21.9. The van der Waals surface area contributed by atoms with E-state index < -0.39 is 35.8 Å². The number of carbonyl (C=O) groups excluding carboxylic acids is 2. The average molecular weight is 425 g/mol. The number of rotatable bonds is 5. The van der Waals surface area contributed by atoms with Gasteiger partial charge in [-0.05, 0) is 24.3 Å². The molecular weight excluding hydrogens is 403 g/mol. The van der Waals surface area contributed by atoms with Crippen molar-refractivity contribution in [2.75, 3.05) is 50.1 Å². The molecule has 1 fully saturated rings. The van der Waals surface area contributed by atoms with Gasteiger partial charge < -0.3 is 19.9 Å². The molecule has 0 bridgehead atoms. The van der Waals surface area contributed by atoms with Gasteiger partial charge in [-0.1, -0.05) is 0 Å². The second-order valence-corrected chi connectivity index (χ2v) is 6.92. The molecule has 2 aromatic rings. The number of halogens is 3. The first-order valence-electron chi connectivity index (χ1n) is 9.24. The van der Waals surface area contributed by atoms with Crippen molar-refractivity contribution in [1.29, 1.82) is 0 Å². The number of likely N-dealkylation sites (N-methyl/N-ethyl adjacent to an activating group) is 1. The number of amides is 2. The highest BCUT2D eigenvalue weighted by atomic mass is 19.4. The van der Waals surface area contributed by atoms with Crippen LogP contribution in [0.3, 0.4) is 0 Å². The van der Waals surface area contributed by atoms with Crippen molar-refractivity contribution in [1.82, 2.24) is 14.7 Å². The number of hydrogen-bond acceptors (Lipinski definition) is 5. The molecule has 1 saturated heterocycles. The van der Waals surface area contributed by atoms with Gasteiger partial charge in [-0.2, -0.15) is 18.3 Å². The third-order valence-electron chi connectivity index (χ3n) is 4.58. The molecule has 1 N–H and O–H groups in total. The van der Waals surface area contributed by atoms with Crippen molar-refractivity contribution >= 4 is 23.2 Å². The molecule has 0 atom stereocenters. The number of benzene rings is 1. The standard InChI is InChI=1S/C19H22F3N5O3/c1-25(18(29)15-11-26(2)24-17(15)19(20,21)22)12-16(28)23-13-3-5-14(6-4-13)27-7-9-30-10-8-27/h3-6,11H,7-10,12H2,1-2H3,(H,23,28). The summed E-state index contributed by atoms with van der Waals surface area (Å²) in [6.07, 6.45) is -3.78. The number of hydrogen-bond donors (Lipinski definition) is 1. The van der Waals surface area contributed by atoms with Crippen molar-refractivity contribution in [3.63, 3.8) is 0 Å². The maximum absolute atomic E-state index is 13.1. The van der Waals surface area contributed by atoms with Gasteiger partial charge in [-0.25, -0.2) is 0 Å². The van der Waals surface area contributed by atoms with E-state index in [1.165, 1.54) is 14.1 Å². The maximum atomic E-state index is 13.1. The number of nitrogens with one attached hydrogen (secondary N) is 1. The molecule has 1 aromatic heterocycles. The highest BCUT2D eigenvalue weighted by molar-refractivity contribution is 5.99. The van der Waals surface area contributed by atoms with Crippen molar-refractivity contribution in [3.05, 3.63) is 41.7 Å². The highest BCUT2D eigenvalue weighted by Gasteiger charge is 2.39. The second kappa shape index (κ2) is 8.74. The van der Waals surface area contributed by atoms with E-state index in [1.54, 1.807) is 12.1 Å². The van der Waals surface area contributed by atoms with E-state index in [2.05, 4.69) is 15.3 Å². The summed E-state index contributed by atoms with van der Waals surface area (Å²) < 4.78 is 45.4. The normalized spacial score (nSPS) is 14.5. The minimum atomic E-state index is -4.77. The van der Waals surface area contributed by atoms with Crippen molar-refractivity contribution < 1.29 is 27.5 Å². The van der Waals surface area contributed by atoms with Crippen LogP contribution in [0, 0.1) is 0 Å². The number of aromatic nitrogens is 2. The second-order valence-electron chi connectivity index (χ2n) is 6.92. The molecule has 3 rings (SSSR count). The Kier molecular flexibility index (Phi) is 6.30. The van der Waals surface area contributed by atoms with E-state index in [1.807, 2.05) is 12.1 Å². The minimum absolute atomic E-state index is 0.407. The van der Waals surface area contributed by atoms with E-state index in [-0.39, 0.29) is 0 Å². The van der Waals surface area contributed by atoms with Crippen LogP contribution in [0.15, 0.2) is 30.5 Å². The number of ether oxygens (including phenoxy) is 1.